The topological polar surface area (TPSA) is 124 Å². The van der Waals surface area contributed by atoms with Gasteiger partial charge in [0.15, 0.2) is 5.82 Å². The second kappa shape index (κ2) is 8.78. The first-order valence-electron chi connectivity index (χ1n) is 8.54. The van der Waals surface area contributed by atoms with Crippen molar-refractivity contribution in [1.29, 1.82) is 0 Å². The van der Waals surface area contributed by atoms with Crippen LogP contribution in [0.1, 0.15) is 34.7 Å². The van der Waals surface area contributed by atoms with E-state index in [2.05, 4.69) is 46.6 Å². The number of benzene rings is 1. The average Bonchev–Trinajstić information content (AvgIpc) is 3.20. The quantitative estimate of drug-likeness (QED) is 0.561. The van der Waals surface area contributed by atoms with Crippen LogP contribution in [0.15, 0.2) is 41.4 Å². The van der Waals surface area contributed by atoms with Gasteiger partial charge < -0.3 is 15.4 Å². The minimum absolute atomic E-state index is 0.308. The van der Waals surface area contributed by atoms with Crippen LogP contribution in [0.3, 0.4) is 0 Å². The molecule has 0 bridgehead atoms. The molecule has 29 heavy (non-hydrogen) atoms. The van der Waals surface area contributed by atoms with Crippen LogP contribution < -0.4 is 10.6 Å². The van der Waals surface area contributed by atoms with Crippen molar-refractivity contribution < 1.29 is 14.3 Å². The fourth-order valence-corrected chi connectivity index (χ4v) is 3.21. The molecule has 1 aromatic carbocycles. The minimum Gasteiger partial charge on any atom is -0.465 e. The Hall–Kier alpha value is -3.34. The molecule has 0 aliphatic carbocycles. The number of methoxy groups -OCH3 is 1. The van der Waals surface area contributed by atoms with Gasteiger partial charge in [-0.1, -0.05) is 0 Å². The molecule has 11 heteroatoms. The average molecular weight is 460 g/mol. The summed E-state index contributed by atoms with van der Waals surface area (Å²) in [5.41, 5.74) is 1.56. The number of anilines is 1. The number of carbonyl (C=O) groups excluding carboxylic acids is 2. The molecule has 0 spiro atoms. The zero-order chi connectivity index (χ0) is 21.0. The smallest absolute Gasteiger partial charge is 0.339 e. The molecule has 1 atom stereocenters. The first-order chi connectivity index (χ1) is 13.9. The summed E-state index contributed by atoms with van der Waals surface area (Å²) in [4.78, 5) is 36.9. The number of ether oxygens (including phenoxy) is 1. The Morgan fingerprint density at radius 1 is 1.21 bits per heavy atom. The lowest BCUT2D eigenvalue weighted by Crippen LogP contribution is -2.33. The van der Waals surface area contributed by atoms with E-state index in [1.54, 1.807) is 37.5 Å². The highest BCUT2D eigenvalue weighted by Crippen LogP contribution is 2.26. The number of esters is 1. The highest BCUT2D eigenvalue weighted by molar-refractivity contribution is 9.10. The summed E-state index contributed by atoms with van der Waals surface area (Å²) in [6.45, 7) is 3.57. The lowest BCUT2D eigenvalue weighted by molar-refractivity contribution is 0.0599. The molecule has 10 nitrogen and oxygen atoms in total. The lowest BCUT2D eigenvalue weighted by Gasteiger charge is -2.16. The van der Waals surface area contributed by atoms with Crippen LogP contribution in [0.4, 0.5) is 10.5 Å². The molecule has 3 rings (SSSR count). The van der Waals surface area contributed by atoms with E-state index < -0.39 is 18.0 Å². The van der Waals surface area contributed by atoms with Crippen molar-refractivity contribution in [2.75, 3.05) is 12.4 Å². The Kier molecular flexibility index (Phi) is 6.17. The first-order valence-corrected chi connectivity index (χ1v) is 9.33. The molecule has 0 aliphatic heterocycles. The van der Waals surface area contributed by atoms with E-state index in [9.17, 15) is 9.59 Å². The number of rotatable bonds is 5. The van der Waals surface area contributed by atoms with Gasteiger partial charge in [-0.2, -0.15) is 9.78 Å². The number of nitrogens with zero attached hydrogens (tertiary/aromatic N) is 5. The largest absolute Gasteiger partial charge is 0.465 e. The van der Waals surface area contributed by atoms with E-state index in [0.29, 0.717) is 27.5 Å². The molecule has 1 unspecified atom stereocenters. The van der Waals surface area contributed by atoms with Crippen LogP contribution in [0, 0.1) is 6.92 Å². The van der Waals surface area contributed by atoms with Crippen molar-refractivity contribution in [2.24, 2.45) is 0 Å². The number of hydrogen-bond donors (Lipinski definition) is 2. The summed E-state index contributed by atoms with van der Waals surface area (Å²) in [5, 5.41) is 9.65. The summed E-state index contributed by atoms with van der Waals surface area (Å²) >= 11 is 3.33. The van der Waals surface area contributed by atoms with Gasteiger partial charge in [0.1, 0.15) is 6.33 Å². The number of hydrogen-bond acceptors (Lipinski definition) is 7. The number of amides is 2. The number of aryl methyl sites for hydroxylation is 1. The van der Waals surface area contributed by atoms with Gasteiger partial charge in [0.05, 0.1) is 18.7 Å². The summed E-state index contributed by atoms with van der Waals surface area (Å²) in [5.74, 6) is 0.305. The monoisotopic (exact) mass is 459 g/mol. The molecule has 0 aliphatic rings. The van der Waals surface area contributed by atoms with Gasteiger partial charge in [-0.25, -0.2) is 24.5 Å². The Morgan fingerprint density at radius 2 is 1.93 bits per heavy atom. The van der Waals surface area contributed by atoms with Gasteiger partial charge in [-0.3, -0.25) is 0 Å². The van der Waals surface area contributed by atoms with Gasteiger partial charge in [-0.15, -0.1) is 0 Å². The van der Waals surface area contributed by atoms with Crippen molar-refractivity contribution in [1.82, 2.24) is 30.0 Å². The zero-order valence-electron chi connectivity index (χ0n) is 15.9. The van der Waals surface area contributed by atoms with E-state index in [1.807, 2.05) is 6.92 Å². The van der Waals surface area contributed by atoms with E-state index in [0.717, 1.165) is 5.56 Å². The van der Waals surface area contributed by atoms with E-state index in [1.165, 1.54) is 18.1 Å². The highest BCUT2D eigenvalue weighted by atomic mass is 79.9. The van der Waals surface area contributed by atoms with Crippen molar-refractivity contribution >= 4 is 33.6 Å². The molecule has 0 fully saturated rings. The number of halogens is 1. The molecular weight excluding hydrogens is 442 g/mol. The fourth-order valence-electron chi connectivity index (χ4n) is 2.59. The molecule has 0 saturated heterocycles. The molecule has 150 valence electrons. The number of carbonyl (C=O) groups is 2. The van der Waals surface area contributed by atoms with Gasteiger partial charge >= 0.3 is 12.0 Å². The molecule has 3 aromatic rings. The molecule has 0 saturated carbocycles. The predicted molar refractivity (Wildman–Crippen MR) is 108 cm³/mol. The second-order valence-electron chi connectivity index (χ2n) is 6.04. The van der Waals surface area contributed by atoms with Gasteiger partial charge in [-0.05, 0) is 53.5 Å². The molecule has 2 aromatic heterocycles. The van der Waals surface area contributed by atoms with Gasteiger partial charge in [0.25, 0.3) is 5.95 Å². The SMILES string of the molecule is COC(=O)c1cc(NC(=O)NC(C)c2ncnn2-c2ncccn2)c(C)cc1Br. The number of urea groups is 1. The minimum atomic E-state index is -0.510. The van der Waals surface area contributed by atoms with Crippen LogP contribution >= 0.6 is 15.9 Å². The normalized spacial score (nSPS) is 11.6. The molecule has 2 heterocycles. The first kappa shape index (κ1) is 20.4. The lowest BCUT2D eigenvalue weighted by atomic mass is 10.1. The maximum atomic E-state index is 12.5. The van der Waals surface area contributed by atoms with Crippen LogP contribution in [0.2, 0.25) is 0 Å². The van der Waals surface area contributed by atoms with E-state index in [-0.39, 0.29) is 0 Å². The Balaban J connectivity index is 1.75. The van der Waals surface area contributed by atoms with Crippen LogP contribution in [-0.2, 0) is 4.74 Å². The summed E-state index contributed by atoms with van der Waals surface area (Å²) < 4.78 is 6.79. The number of aromatic nitrogens is 5. The third-order valence-electron chi connectivity index (χ3n) is 4.02. The fraction of sp³-hybridized carbons (Fsp3) is 0.222. The molecule has 2 amide bonds. The summed E-state index contributed by atoms with van der Waals surface area (Å²) in [6.07, 6.45) is 4.55. The van der Waals surface area contributed by atoms with Crippen molar-refractivity contribution in [3.05, 3.63) is 58.3 Å². The second-order valence-corrected chi connectivity index (χ2v) is 6.89. The molecule has 0 radical (unpaired) electrons. The summed E-state index contributed by atoms with van der Waals surface area (Å²) in [6, 6.07) is 4.02. The number of nitrogens with one attached hydrogen (secondary N) is 2. The molecule has 2 N–H and O–H groups in total. The standard InChI is InChI=1S/C18H18BrN7O3/c1-10-7-13(19)12(16(27)29-3)8-14(10)25-18(28)24-11(2)15-22-9-23-26(15)17-20-5-4-6-21-17/h4-9,11H,1-3H3,(H2,24,25,28). The predicted octanol–water partition coefficient (Wildman–Crippen LogP) is 2.80. The maximum Gasteiger partial charge on any atom is 0.339 e. The van der Waals surface area contributed by atoms with Crippen molar-refractivity contribution in [2.45, 2.75) is 19.9 Å². The summed E-state index contributed by atoms with van der Waals surface area (Å²) in [7, 11) is 1.29. The molecular formula is C18H18BrN7O3. The zero-order valence-corrected chi connectivity index (χ0v) is 17.5. The highest BCUT2D eigenvalue weighted by Gasteiger charge is 2.19. The Bertz CT molecular complexity index is 1040. The van der Waals surface area contributed by atoms with Crippen LogP contribution in [0.25, 0.3) is 5.95 Å². The van der Waals surface area contributed by atoms with E-state index >= 15 is 0 Å². The third-order valence-corrected chi connectivity index (χ3v) is 4.67. The van der Waals surface area contributed by atoms with E-state index in [4.69, 9.17) is 4.74 Å². The van der Waals surface area contributed by atoms with Crippen LogP contribution in [0.5, 0.6) is 0 Å². The van der Waals surface area contributed by atoms with Gasteiger partial charge in [0.2, 0.25) is 0 Å². The Morgan fingerprint density at radius 3 is 2.62 bits per heavy atom. The Labute approximate surface area is 174 Å². The third kappa shape index (κ3) is 4.57. The van der Waals surface area contributed by atoms with Crippen molar-refractivity contribution in [3.63, 3.8) is 0 Å². The van der Waals surface area contributed by atoms with Crippen molar-refractivity contribution in [3.8, 4) is 5.95 Å². The van der Waals surface area contributed by atoms with Crippen LogP contribution in [-0.4, -0.2) is 43.8 Å². The van der Waals surface area contributed by atoms with Gasteiger partial charge in [0, 0.05) is 22.6 Å². The maximum absolute atomic E-state index is 12.5.